The minimum atomic E-state index is -0.697. The molecule has 138 valence electrons. The quantitative estimate of drug-likeness (QED) is 0.514. The lowest BCUT2D eigenvalue weighted by atomic mass is 10.1. The number of hydrogen-bond donors (Lipinski definition) is 0. The summed E-state index contributed by atoms with van der Waals surface area (Å²) in [7, 11) is 1.49. The smallest absolute Gasteiger partial charge is 0.295 e. The maximum Gasteiger partial charge on any atom is 0.295 e. The average Bonchev–Trinajstić information content (AvgIpc) is 2.97. The van der Waals surface area contributed by atoms with Crippen molar-refractivity contribution in [2.75, 3.05) is 7.05 Å². The van der Waals surface area contributed by atoms with Gasteiger partial charge in [0.15, 0.2) is 0 Å². The maximum atomic E-state index is 13.8. The molecule has 1 heterocycles. The van der Waals surface area contributed by atoms with E-state index in [9.17, 15) is 14.0 Å². The summed E-state index contributed by atoms with van der Waals surface area (Å²) in [6.07, 6.45) is 0. The highest BCUT2D eigenvalue weighted by Gasteiger charge is 2.27. The van der Waals surface area contributed by atoms with Crippen LogP contribution in [0.15, 0.2) is 54.6 Å². The first-order valence-electron chi connectivity index (χ1n) is 8.55. The Hall–Kier alpha value is -3.28. The molecule has 0 aliphatic rings. The summed E-state index contributed by atoms with van der Waals surface area (Å²) in [6.45, 7) is 3.47. The first-order valence-corrected chi connectivity index (χ1v) is 8.55. The molecule has 0 N–H and O–H groups in total. The summed E-state index contributed by atoms with van der Waals surface area (Å²) >= 11 is 0. The molecule has 2 aromatic carbocycles. The Balaban J connectivity index is 1.86. The Kier molecular flexibility index (Phi) is 5.16. The zero-order chi connectivity index (χ0) is 19.6. The van der Waals surface area contributed by atoms with Gasteiger partial charge in [-0.15, -0.1) is 0 Å². The van der Waals surface area contributed by atoms with E-state index >= 15 is 0 Å². The zero-order valence-corrected chi connectivity index (χ0v) is 15.4. The molecule has 5 nitrogen and oxygen atoms in total. The number of amides is 1. The molecule has 0 aliphatic heterocycles. The fourth-order valence-electron chi connectivity index (χ4n) is 3.03. The van der Waals surface area contributed by atoms with Gasteiger partial charge in [-0.3, -0.25) is 9.59 Å². The monoisotopic (exact) mass is 365 g/mol. The van der Waals surface area contributed by atoms with Gasteiger partial charge in [0.05, 0.1) is 22.6 Å². The third-order valence-electron chi connectivity index (χ3n) is 4.43. The van der Waals surface area contributed by atoms with Crippen LogP contribution in [0.25, 0.3) is 5.69 Å². The number of carbonyl (C=O) groups is 2. The molecule has 6 heteroatoms. The second kappa shape index (κ2) is 7.53. The lowest BCUT2D eigenvalue weighted by Gasteiger charge is -2.17. The lowest BCUT2D eigenvalue weighted by molar-refractivity contribution is -0.125. The number of carbonyl (C=O) groups excluding carboxylic acids is 2. The van der Waals surface area contributed by atoms with Crippen LogP contribution in [0.1, 0.15) is 27.3 Å². The molecule has 0 saturated heterocycles. The second-order valence-corrected chi connectivity index (χ2v) is 6.37. The number of ketones is 1. The van der Waals surface area contributed by atoms with Crippen LogP contribution < -0.4 is 0 Å². The SMILES string of the molecule is Cc1nn(-c2ccccc2)c(C)c1C(=O)C(=O)N(C)Cc1ccccc1F. The van der Waals surface area contributed by atoms with Gasteiger partial charge in [-0.1, -0.05) is 36.4 Å². The number of benzene rings is 2. The number of aryl methyl sites for hydroxylation is 1. The first kappa shape index (κ1) is 18.5. The fraction of sp³-hybridized carbons (Fsp3) is 0.190. The van der Waals surface area contributed by atoms with Gasteiger partial charge in [-0.2, -0.15) is 5.10 Å². The van der Waals surface area contributed by atoms with Gasteiger partial charge in [0.1, 0.15) is 5.82 Å². The molecule has 1 aromatic heterocycles. The van der Waals surface area contributed by atoms with Gasteiger partial charge >= 0.3 is 0 Å². The largest absolute Gasteiger partial charge is 0.334 e. The van der Waals surface area contributed by atoms with Crippen molar-refractivity contribution < 1.29 is 14.0 Å². The minimum absolute atomic E-state index is 0.0160. The molecular weight excluding hydrogens is 345 g/mol. The third kappa shape index (κ3) is 3.65. The third-order valence-corrected chi connectivity index (χ3v) is 4.43. The molecule has 3 aromatic rings. The summed E-state index contributed by atoms with van der Waals surface area (Å²) < 4.78 is 15.5. The molecule has 0 aliphatic carbocycles. The molecule has 0 fully saturated rings. The predicted molar refractivity (Wildman–Crippen MR) is 100 cm³/mol. The topological polar surface area (TPSA) is 55.2 Å². The normalized spacial score (nSPS) is 10.7. The van der Waals surface area contributed by atoms with Crippen LogP contribution in [0, 0.1) is 19.7 Å². The summed E-state index contributed by atoms with van der Waals surface area (Å²) in [6, 6.07) is 15.6. The van der Waals surface area contributed by atoms with Crippen molar-refractivity contribution in [3.63, 3.8) is 0 Å². The molecule has 0 saturated carbocycles. The van der Waals surface area contributed by atoms with Gasteiger partial charge in [0.25, 0.3) is 11.7 Å². The van der Waals surface area contributed by atoms with Gasteiger partial charge in [-0.05, 0) is 32.0 Å². The van der Waals surface area contributed by atoms with Gasteiger partial charge in [-0.25, -0.2) is 9.07 Å². The Labute approximate surface area is 157 Å². The lowest BCUT2D eigenvalue weighted by Crippen LogP contribution is -2.33. The minimum Gasteiger partial charge on any atom is -0.334 e. The Morgan fingerprint density at radius 1 is 1.04 bits per heavy atom. The highest BCUT2D eigenvalue weighted by atomic mass is 19.1. The van der Waals surface area contributed by atoms with Crippen LogP contribution >= 0.6 is 0 Å². The molecular formula is C21H20FN3O2. The Morgan fingerprint density at radius 3 is 2.33 bits per heavy atom. The number of Topliss-reactive ketones (excluding diaryl/α,β-unsaturated/α-hetero) is 1. The van der Waals surface area contributed by atoms with Gasteiger partial charge in [0.2, 0.25) is 0 Å². The standard InChI is InChI=1S/C21H20FN3O2/c1-14-19(15(2)25(23-14)17-10-5-4-6-11-17)20(26)21(27)24(3)13-16-9-7-8-12-18(16)22/h4-12H,13H2,1-3H3. The highest BCUT2D eigenvalue weighted by Crippen LogP contribution is 2.19. The molecule has 0 unspecified atom stereocenters. The number of likely N-dealkylation sites (N-methyl/N-ethyl adjacent to an activating group) is 1. The van der Waals surface area contributed by atoms with Crippen molar-refractivity contribution >= 4 is 11.7 Å². The summed E-state index contributed by atoms with van der Waals surface area (Å²) in [5.41, 5.74) is 2.52. The van der Waals surface area contributed by atoms with Crippen molar-refractivity contribution in [2.45, 2.75) is 20.4 Å². The van der Waals surface area contributed by atoms with E-state index in [1.54, 1.807) is 36.7 Å². The van der Waals surface area contributed by atoms with Gasteiger partial charge < -0.3 is 4.90 Å². The van der Waals surface area contributed by atoms with E-state index in [4.69, 9.17) is 0 Å². The van der Waals surface area contributed by atoms with Crippen LogP contribution in [0.2, 0.25) is 0 Å². The fourth-order valence-corrected chi connectivity index (χ4v) is 3.03. The van der Waals surface area contributed by atoms with Crippen molar-refractivity contribution in [1.82, 2.24) is 14.7 Å². The summed E-state index contributed by atoms with van der Waals surface area (Å²) in [5.74, 6) is -1.75. The van der Waals surface area contributed by atoms with E-state index in [1.165, 1.54) is 18.0 Å². The second-order valence-electron chi connectivity index (χ2n) is 6.37. The molecule has 0 spiro atoms. The first-order chi connectivity index (χ1) is 12.9. The Morgan fingerprint density at radius 2 is 1.67 bits per heavy atom. The Bertz CT molecular complexity index is 996. The summed E-state index contributed by atoms with van der Waals surface area (Å²) in [5, 5.41) is 4.41. The number of para-hydroxylation sites is 1. The molecule has 0 atom stereocenters. The molecule has 27 heavy (non-hydrogen) atoms. The van der Waals surface area contributed by atoms with Crippen molar-refractivity contribution in [1.29, 1.82) is 0 Å². The molecule has 3 rings (SSSR count). The molecule has 0 radical (unpaired) electrons. The number of halogens is 1. The maximum absolute atomic E-state index is 13.8. The van der Waals surface area contributed by atoms with E-state index in [0.717, 1.165) is 5.69 Å². The molecule has 0 bridgehead atoms. The van der Waals surface area contributed by atoms with E-state index in [1.807, 2.05) is 30.3 Å². The van der Waals surface area contributed by atoms with Crippen molar-refractivity contribution in [3.05, 3.63) is 82.9 Å². The van der Waals surface area contributed by atoms with Crippen LogP contribution in [0.4, 0.5) is 4.39 Å². The zero-order valence-electron chi connectivity index (χ0n) is 15.4. The van der Waals surface area contributed by atoms with E-state index in [-0.39, 0.29) is 12.1 Å². The predicted octanol–water partition coefficient (Wildman–Crippen LogP) is 3.47. The number of rotatable bonds is 5. The van der Waals surface area contributed by atoms with Crippen LogP contribution in [0.5, 0.6) is 0 Å². The van der Waals surface area contributed by atoms with E-state index < -0.39 is 17.5 Å². The molecule has 1 amide bonds. The van der Waals surface area contributed by atoms with Gasteiger partial charge in [0, 0.05) is 19.2 Å². The number of hydrogen-bond acceptors (Lipinski definition) is 3. The van der Waals surface area contributed by atoms with Crippen LogP contribution in [-0.2, 0) is 11.3 Å². The average molecular weight is 365 g/mol. The van der Waals surface area contributed by atoms with Crippen LogP contribution in [0.3, 0.4) is 0 Å². The number of nitrogens with zero attached hydrogens (tertiary/aromatic N) is 3. The number of aromatic nitrogens is 2. The highest BCUT2D eigenvalue weighted by molar-refractivity contribution is 6.43. The van der Waals surface area contributed by atoms with E-state index in [0.29, 0.717) is 17.0 Å². The van der Waals surface area contributed by atoms with E-state index in [2.05, 4.69) is 5.10 Å². The summed E-state index contributed by atoms with van der Waals surface area (Å²) in [4.78, 5) is 26.7. The van der Waals surface area contributed by atoms with Crippen LogP contribution in [-0.4, -0.2) is 33.4 Å². The van der Waals surface area contributed by atoms with Crippen molar-refractivity contribution in [3.8, 4) is 5.69 Å². The van der Waals surface area contributed by atoms with Crippen molar-refractivity contribution in [2.24, 2.45) is 0 Å².